The molecule has 1 aromatic carbocycles. The Morgan fingerprint density at radius 1 is 1.30 bits per heavy atom. The van der Waals surface area contributed by atoms with Gasteiger partial charge in [-0.1, -0.05) is 6.92 Å². The van der Waals surface area contributed by atoms with Crippen molar-refractivity contribution in [3.05, 3.63) is 62.9 Å². The number of fused-ring (bicyclic) bond motifs is 5. The second-order valence-corrected chi connectivity index (χ2v) is 7.49. The summed E-state index contributed by atoms with van der Waals surface area (Å²) in [5.74, 6) is -0.765. The molecule has 2 aliphatic rings. The van der Waals surface area contributed by atoms with Gasteiger partial charge in [0.25, 0.3) is 0 Å². The minimum atomic E-state index is -1.87. The summed E-state index contributed by atoms with van der Waals surface area (Å²) in [6.45, 7) is 1.74. The molecule has 3 aromatic rings. The molecule has 2 aromatic heterocycles. The van der Waals surface area contributed by atoms with E-state index in [2.05, 4.69) is 4.98 Å². The van der Waals surface area contributed by atoms with Gasteiger partial charge >= 0.3 is 158 Å². The molecule has 4 heterocycles. The fraction of sp³-hybridized carbons (Fsp3) is 0.238. The first-order chi connectivity index (χ1) is 14.4. The molecule has 0 saturated carbocycles. The van der Waals surface area contributed by atoms with Crippen LogP contribution in [0.1, 0.15) is 40.4 Å². The summed E-state index contributed by atoms with van der Waals surface area (Å²) in [6.07, 6.45) is 0.0767. The molecule has 5 rings (SSSR count). The molecular formula is C21H15BN2O6. The first-order valence-corrected chi connectivity index (χ1v) is 9.47. The fourth-order valence-corrected chi connectivity index (χ4v) is 4.21. The average Bonchev–Trinajstić information content (AvgIpc) is 3.12. The number of carbonyl (C=O) groups excluding carboxylic acids is 2. The van der Waals surface area contributed by atoms with E-state index in [1.54, 1.807) is 29.7 Å². The van der Waals surface area contributed by atoms with Crippen LogP contribution in [0.25, 0.3) is 22.3 Å². The van der Waals surface area contributed by atoms with Crippen LogP contribution in [0.15, 0.2) is 35.1 Å². The number of hydrogen-bond donors (Lipinski definition) is 1. The third-order valence-corrected chi connectivity index (χ3v) is 5.90. The maximum absolute atomic E-state index is 13.1. The molecule has 0 bridgehead atoms. The van der Waals surface area contributed by atoms with Gasteiger partial charge in [-0.15, -0.1) is 0 Å². The van der Waals surface area contributed by atoms with Crippen LogP contribution in [0.3, 0.4) is 0 Å². The Labute approximate surface area is 170 Å². The van der Waals surface area contributed by atoms with E-state index in [-0.39, 0.29) is 49.0 Å². The van der Waals surface area contributed by atoms with E-state index in [1.807, 2.05) is 6.07 Å². The van der Waals surface area contributed by atoms with Gasteiger partial charge in [-0.2, -0.15) is 0 Å². The summed E-state index contributed by atoms with van der Waals surface area (Å²) >= 11 is 0. The average molecular weight is 402 g/mol. The second kappa shape index (κ2) is 6.27. The molecule has 1 atom stereocenters. The van der Waals surface area contributed by atoms with E-state index in [0.717, 1.165) is 5.56 Å². The van der Waals surface area contributed by atoms with Gasteiger partial charge in [0.05, 0.1) is 0 Å². The van der Waals surface area contributed by atoms with E-state index >= 15 is 0 Å². The molecule has 0 saturated heterocycles. The number of esters is 1. The Hall–Kier alpha value is -3.46. The molecule has 0 aliphatic carbocycles. The number of ether oxygens (including phenoxy) is 1. The molecule has 148 valence electrons. The van der Waals surface area contributed by atoms with Crippen molar-refractivity contribution in [3.8, 4) is 11.4 Å². The Morgan fingerprint density at radius 3 is 2.83 bits per heavy atom. The number of aromatic nitrogens is 2. The number of aliphatic hydroxyl groups is 1. The zero-order valence-corrected chi connectivity index (χ0v) is 16.0. The normalized spacial score (nSPS) is 18.9. The standard InChI is InChI=1S/C21H15BN2O6/c1-2-21(28)14-7-16-17-12(8-24(16)19(26)13(14)9-30-20(21)27)6-11-5-10(18(25)22-29)3-4-15(11)23-17/h3-7,28H,2,8-9H2,1H3/t21-/m0/s1. The zero-order chi connectivity index (χ0) is 21.2. The SMILES string of the molecule is CC[C@@]1(O)C(=O)OCc2c1cc1n(c2=O)Cc2cc3cc(C(=O)B=O)ccc3nc2-1. The van der Waals surface area contributed by atoms with Crippen LogP contribution in [0, 0.1) is 0 Å². The maximum atomic E-state index is 13.1. The quantitative estimate of drug-likeness (QED) is 0.405. The number of hydrogen-bond acceptors (Lipinski definition) is 7. The summed E-state index contributed by atoms with van der Waals surface area (Å²) in [6, 6.07) is 8.25. The van der Waals surface area contributed by atoms with Gasteiger partial charge in [0, 0.05) is 0 Å². The Balaban J connectivity index is 1.73. The molecule has 0 spiro atoms. The van der Waals surface area contributed by atoms with Crippen molar-refractivity contribution in [3.63, 3.8) is 0 Å². The number of benzene rings is 1. The summed E-state index contributed by atoms with van der Waals surface area (Å²) < 4.78 is 17.4. The Morgan fingerprint density at radius 2 is 2.10 bits per heavy atom. The Bertz CT molecular complexity index is 1360. The van der Waals surface area contributed by atoms with Gasteiger partial charge in [-0.25, -0.2) is 4.79 Å². The summed E-state index contributed by atoms with van der Waals surface area (Å²) in [5.41, 5.74) is 0.439. The molecule has 30 heavy (non-hydrogen) atoms. The van der Waals surface area contributed by atoms with Crippen molar-refractivity contribution in [2.75, 3.05) is 0 Å². The van der Waals surface area contributed by atoms with Crippen molar-refractivity contribution < 1.29 is 24.1 Å². The van der Waals surface area contributed by atoms with E-state index in [1.165, 1.54) is 6.07 Å². The zero-order valence-electron chi connectivity index (χ0n) is 16.0. The van der Waals surface area contributed by atoms with Crippen LogP contribution in [0.5, 0.6) is 0 Å². The van der Waals surface area contributed by atoms with Crippen LogP contribution in [0.2, 0.25) is 0 Å². The summed E-state index contributed by atoms with van der Waals surface area (Å²) in [4.78, 5) is 41.6. The molecule has 0 fully saturated rings. The topological polar surface area (TPSA) is 116 Å². The van der Waals surface area contributed by atoms with Gasteiger partial charge < -0.3 is 0 Å². The number of carbonyl (C=O) groups is 2. The van der Waals surface area contributed by atoms with Crippen molar-refractivity contribution >= 4 is 29.7 Å². The second-order valence-electron chi connectivity index (χ2n) is 7.49. The Kier molecular flexibility index (Phi) is 3.88. The first-order valence-electron chi connectivity index (χ1n) is 9.47. The summed E-state index contributed by atoms with van der Waals surface area (Å²) in [7, 11) is 0.264. The number of pyridine rings is 2. The molecule has 0 amide bonds. The predicted molar refractivity (Wildman–Crippen MR) is 105 cm³/mol. The van der Waals surface area contributed by atoms with Crippen LogP contribution in [-0.2, 0) is 33.0 Å². The van der Waals surface area contributed by atoms with Crippen LogP contribution in [-0.4, -0.2) is 33.5 Å². The number of nitrogens with zero attached hydrogens (tertiary/aromatic N) is 2. The molecule has 0 radical (unpaired) electrons. The van der Waals surface area contributed by atoms with E-state index < -0.39 is 17.3 Å². The monoisotopic (exact) mass is 402 g/mol. The molecular weight excluding hydrogens is 387 g/mol. The molecule has 2 aliphatic heterocycles. The van der Waals surface area contributed by atoms with Crippen molar-refractivity contribution in [2.45, 2.75) is 32.1 Å². The van der Waals surface area contributed by atoms with E-state index in [0.29, 0.717) is 22.3 Å². The third-order valence-electron chi connectivity index (χ3n) is 5.90. The van der Waals surface area contributed by atoms with Crippen molar-refractivity contribution in [1.82, 2.24) is 9.55 Å². The predicted octanol–water partition coefficient (Wildman–Crippen LogP) is 1.27. The van der Waals surface area contributed by atoms with Gasteiger partial charge in [0.2, 0.25) is 0 Å². The molecule has 9 heteroatoms. The van der Waals surface area contributed by atoms with Crippen LogP contribution < -0.4 is 5.56 Å². The van der Waals surface area contributed by atoms with Gasteiger partial charge in [0.15, 0.2) is 0 Å². The first kappa shape index (κ1) is 18.6. The minimum absolute atomic E-state index is 0.0767. The fourth-order valence-electron chi connectivity index (χ4n) is 4.21. The number of rotatable bonds is 3. The van der Waals surface area contributed by atoms with Crippen LogP contribution >= 0.6 is 0 Å². The molecule has 8 nitrogen and oxygen atoms in total. The summed E-state index contributed by atoms with van der Waals surface area (Å²) in [5, 5.41) is 11.6. The molecule has 1 N–H and O–H groups in total. The van der Waals surface area contributed by atoms with Gasteiger partial charge in [-0.3, -0.25) is 0 Å². The van der Waals surface area contributed by atoms with Crippen molar-refractivity contribution in [1.29, 1.82) is 0 Å². The van der Waals surface area contributed by atoms with E-state index in [4.69, 9.17) is 4.74 Å². The van der Waals surface area contributed by atoms with Crippen molar-refractivity contribution in [2.24, 2.45) is 0 Å². The molecule has 0 unspecified atom stereocenters. The van der Waals surface area contributed by atoms with Crippen LogP contribution in [0.4, 0.5) is 0 Å². The van der Waals surface area contributed by atoms with Gasteiger partial charge in [-0.05, 0) is 0 Å². The van der Waals surface area contributed by atoms with Gasteiger partial charge in [0.1, 0.15) is 0 Å². The number of cyclic esters (lactones) is 1. The van der Waals surface area contributed by atoms with E-state index in [9.17, 15) is 24.2 Å². The third kappa shape index (κ3) is 2.38.